The summed E-state index contributed by atoms with van der Waals surface area (Å²) in [6, 6.07) is 13.8. The molecule has 0 unspecified atom stereocenters. The van der Waals surface area contributed by atoms with Crippen LogP contribution in [0, 0.1) is 11.8 Å². The van der Waals surface area contributed by atoms with E-state index >= 15 is 0 Å². The fourth-order valence-electron chi connectivity index (χ4n) is 4.46. The Morgan fingerprint density at radius 2 is 1.65 bits per heavy atom. The number of anilines is 1. The van der Waals surface area contributed by atoms with E-state index in [9.17, 15) is 18.0 Å². The Hall–Kier alpha value is -2.91. The average molecular weight is 530 g/mol. The van der Waals surface area contributed by atoms with Gasteiger partial charge < -0.3 is 15.4 Å². The first-order chi connectivity index (χ1) is 17.7. The molecule has 0 aromatic heterocycles. The molecule has 1 atom stereocenters. The van der Waals surface area contributed by atoms with Crippen molar-refractivity contribution < 1.29 is 22.7 Å². The van der Waals surface area contributed by atoms with Gasteiger partial charge in [0.05, 0.1) is 17.5 Å². The molecule has 1 aliphatic rings. The van der Waals surface area contributed by atoms with Gasteiger partial charge in [-0.15, -0.1) is 0 Å². The fourth-order valence-corrected chi connectivity index (χ4v) is 5.58. The molecule has 2 aromatic carbocycles. The van der Waals surface area contributed by atoms with Gasteiger partial charge in [-0.25, -0.2) is 13.1 Å². The topological polar surface area (TPSA) is 114 Å². The Kier molecular flexibility index (Phi) is 10.5. The lowest BCUT2D eigenvalue weighted by atomic mass is 9.81. The van der Waals surface area contributed by atoms with Gasteiger partial charge >= 0.3 is 0 Å². The highest BCUT2D eigenvalue weighted by Crippen LogP contribution is 2.30. The van der Waals surface area contributed by atoms with E-state index in [1.165, 1.54) is 19.1 Å². The summed E-state index contributed by atoms with van der Waals surface area (Å²) in [5.41, 5.74) is 1.58. The molecule has 2 amide bonds. The maximum atomic E-state index is 12.9. The average Bonchev–Trinajstić information content (AvgIpc) is 2.88. The van der Waals surface area contributed by atoms with Gasteiger partial charge in [-0.2, -0.15) is 0 Å². The van der Waals surface area contributed by atoms with Crippen LogP contribution < -0.4 is 20.1 Å². The van der Waals surface area contributed by atoms with Crippen LogP contribution in [0.2, 0.25) is 0 Å². The second kappa shape index (κ2) is 13.6. The highest BCUT2D eigenvalue weighted by atomic mass is 32.2. The summed E-state index contributed by atoms with van der Waals surface area (Å²) in [6.45, 7) is 6.55. The molecule has 0 heterocycles. The Labute approximate surface area is 220 Å². The van der Waals surface area contributed by atoms with Gasteiger partial charge in [0.15, 0.2) is 0 Å². The number of carbonyl (C=O) groups is 2. The molecule has 202 valence electrons. The molecule has 1 saturated carbocycles. The van der Waals surface area contributed by atoms with E-state index in [0.717, 1.165) is 49.8 Å². The van der Waals surface area contributed by atoms with Crippen LogP contribution in [-0.2, 0) is 19.6 Å². The zero-order valence-electron chi connectivity index (χ0n) is 22.0. The highest BCUT2D eigenvalue weighted by Gasteiger charge is 2.28. The summed E-state index contributed by atoms with van der Waals surface area (Å²) < 4.78 is 33.7. The first-order valence-electron chi connectivity index (χ1n) is 13.1. The van der Waals surface area contributed by atoms with E-state index < -0.39 is 10.0 Å². The van der Waals surface area contributed by atoms with Crippen LogP contribution in [0.5, 0.6) is 5.75 Å². The second-order valence-corrected chi connectivity index (χ2v) is 11.5. The Morgan fingerprint density at radius 1 is 1.00 bits per heavy atom. The fraction of sp³-hybridized carbons (Fsp3) is 0.500. The van der Waals surface area contributed by atoms with Crippen LogP contribution >= 0.6 is 0 Å². The summed E-state index contributed by atoms with van der Waals surface area (Å²) in [4.78, 5) is 24.1. The van der Waals surface area contributed by atoms with Crippen LogP contribution in [0.3, 0.4) is 0 Å². The number of ether oxygens (including phenoxy) is 1. The van der Waals surface area contributed by atoms with Crippen molar-refractivity contribution in [2.24, 2.45) is 11.8 Å². The number of hydrogen-bond donors (Lipinski definition) is 3. The number of hydrogen-bond acceptors (Lipinski definition) is 5. The summed E-state index contributed by atoms with van der Waals surface area (Å²) >= 11 is 0. The van der Waals surface area contributed by atoms with Crippen molar-refractivity contribution in [3.8, 4) is 5.75 Å². The van der Waals surface area contributed by atoms with Crippen molar-refractivity contribution in [2.75, 3.05) is 18.5 Å². The maximum absolute atomic E-state index is 12.9. The van der Waals surface area contributed by atoms with E-state index in [1.54, 1.807) is 12.1 Å². The third-order valence-corrected chi connectivity index (χ3v) is 8.21. The van der Waals surface area contributed by atoms with Gasteiger partial charge in [0.25, 0.3) is 0 Å². The Balaban J connectivity index is 1.42. The predicted octanol–water partition coefficient (Wildman–Crippen LogP) is 4.79. The third-order valence-electron chi connectivity index (χ3n) is 6.77. The molecular weight excluding hydrogens is 490 g/mol. The SMILES string of the molecule is CCCCOc1ccc([C@H](C)NC(=O)C2CCC(CNS(=O)(=O)c3ccc(NC(C)=O)cc3)CC2)cc1. The van der Waals surface area contributed by atoms with Gasteiger partial charge in [0.1, 0.15) is 5.75 Å². The number of sulfonamides is 1. The molecule has 37 heavy (non-hydrogen) atoms. The van der Waals surface area contributed by atoms with Crippen LogP contribution in [0.25, 0.3) is 0 Å². The Morgan fingerprint density at radius 3 is 2.24 bits per heavy atom. The minimum absolute atomic E-state index is 0.0501. The summed E-state index contributed by atoms with van der Waals surface area (Å²) in [5.74, 6) is 0.804. The van der Waals surface area contributed by atoms with Gasteiger partial charge in [-0.05, 0) is 86.9 Å². The summed E-state index contributed by atoms with van der Waals surface area (Å²) in [5, 5.41) is 5.75. The molecule has 0 bridgehead atoms. The third kappa shape index (κ3) is 8.86. The Bertz CT molecular complexity index is 1130. The normalized spacial score (nSPS) is 18.6. The first-order valence-corrected chi connectivity index (χ1v) is 14.6. The van der Waals surface area contributed by atoms with E-state index in [4.69, 9.17) is 4.74 Å². The molecule has 1 aliphatic carbocycles. The van der Waals surface area contributed by atoms with E-state index in [0.29, 0.717) is 18.8 Å². The van der Waals surface area contributed by atoms with Crippen LogP contribution in [0.15, 0.2) is 53.4 Å². The molecule has 0 saturated heterocycles. The largest absolute Gasteiger partial charge is 0.494 e. The molecular formula is C28H39N3O5S. The summed E-state index contributed by atoms with van der Waals surface area (Å²) in [6.07, 6.45) is 5.17. The van der Waals surface area contributed by atoms with Gasteiger partial charge in [0.2, 0.25) is 21.8 Å². The van der Waals surface area contributed by atoms with Crippen LogP contribution in [-0.4, -0.2) is 33.4 Å². The molecule has 3 rings (SSSR count). The minimum atomic E-state index is -3.64. The van der Waals surface area contributed by atoms with Crippen LogP contribution in [0.4, 0.5) is 5.69 Å². The second-order valence-electron chi connectivity index (χ2n) is 9.78. The van der Waals surface area contributed by atoms with Gasteiger partial charge in [0, 0.05) is 25.1 Å². The molecule has 0 spiro atoms. The van der Waals surface area contributed by atoms with Crippen molar-refractivity contribution in [3.63, 3.8) is 0 Å². The minimum Gasteiger partial charge on any atom is -0.494 e. The lowest BCUT2D eigenvalue weighted by Crippen LogP contribution is -2.37. The molecule has 8 nitrogen and oxygen atoms in total. The van der Waals surface area contributed by atoms with Gasteiger partial charge in [-0.1, -0.05) is 25.5 Å². The lowest BCUT2D eigenvalue weighted by Gasteiger charge is -2.29. The van der Waals surface area contributed by atoms with Crippen molar-refractivity contribution in [3.05, 3.63) is 54.1 Å². The van der Waals surface area contributed by atoms with E-state index in [-0.39, 0.29) is 34.6 Å². The van der Waals surface area contributed by atoms with Crippen molar-refractivity contribution >= 4 is 27.5 Å². The first kappa shape index (κ1) is 28.7. The molecule has 1 fully saturated rings. The monoisotopic (exact) mass is 529 g/mol. The zero-order chi connectivity index (χ0) is 26.8. The zero-order valence-corrected chi connectivity index (χ0v) is 22.8. The number of carbonyl (C=O) groups excluding carboxylic acids is 2. The molecule has 3 N–H and O–H groups in total. The molecule has 0 radical (unpaired) electrons. The van der Waals surface area contributed by atoms with Crippen molar-refractivity contribution in [1.82, 2.24) is 10.0 Å². The number of unbranched alkanes of at least 4 members (excludes halogenated alkanes) is 1. The van der Waals surface area contributed by atoms with E-state index in [1.807, 2.05) is 31.2 Å². The lowest BCUT2D eigenvalue weighted by molar-refractivity contribution is -0.126. The summed E-state index contributed by atoms with van der Waals surface area (Å²) in [7, 11) is -3.64. The molecule has 0 aliphatic heterocycles. The molecule has 9 heteroatoms. The number of nitrogens with one attached hydrogen (secondary N) is 3. The maximum Gasteiger partial charge on any atom is 0.240 e. The number of rotatable bonds is 12. The van der Waals surface area contributed by atoms with Crippen LogP contribution in [0.1, 0.15) is 70.9 Å². The standard InChI is InChI=1S/C28H39N3O5S/c1-4-5-18-36-26-14-10-23(11-15-26)20(2)30-28(33)24-8-6-22(7-9-24)19-29-37(34,35)27-16-12-25(13-17-27)31-21(3)32/h10-17,20,22,24,29H,4-9,18-19H2,1-3H3,(H,30,33)(H,31,32)/t20-,22?,24?/m0/s1. The van der Waals surface area contributed by atoms with Crippen molar-refractivity contribution in [2.45, 2.75) is 70.2 Å². The number of amides is 2. The number of benzene rings is 2. The van der Waals surface area contributed by atoms with Gasteiger partial charge in [-0.3, -0.25) is 9.59 Å². The predicted molar refractivity (Wildman–Crippen MR) is 145 cm³/mol. The highest BCUT2D eigenvalue weighted by molar-refractivity contribution is 7.89. The van der Waals surface area contributed by atoms with Crippen molar-refractivity contribution in [1.29, 1.82) is 0 Å². The smallest absolute Gasteiger partial charge is 0.240 e. The van der Waals surface area contributed by atoms with E-state index in [2.05, 4.69) is 22.3 Å². The molecule has 2 aromatic rings. The quantitative estimate of drug-likeness (QED) is 0.342.